The fourth-order valence-corrected chi connectivity index (χ4v) is 5.25. The lowest BCUT2D eigenvalue weighted by atomic mass is 9.97. The van der Waals surface area contributed by atoms with Gasteiger partial charge in [0, 0.05) is 35.8 Å². The summed E-state index contributed by atoms with van der Waals surface area (Å²) in [6.07, 6.45) is 2.98. The normalized spacial score (nSPS) is 13.6. The number of halogens is 1. The Morgan fingerprint density at radius 2 is 1.74 bits per heavy atom. The van der Waals surface area contributed by atoms with Gasteiger partial charge in [0.05, 0.1) is 28.5 Å². The van der Waals surface area contributed by atoms with Crippen LogP contribution in [-0.4, -0.2) is 35.1 Å². The molecule has 218 valence electrons. The summed E-state index contributed by atoms with van der Waals surface area (Å²) in [5.41, 5.74) is 2.67. The van der Waals surface area contributed by atoms with Crippen molar-refractivity contribution < 1.29 is 28.2 Å². The van der Waals surface area contributed by atoms with Crippen molar-refractivity contribution in [3.05, 3.63) is 102 Å². The Morgan fingerprint density at radius 1 is 1.00 bits per heavy atom. The van der Waals surface area contributed by atoms with Crippen LogP contribution in [0, 0.1) is 5.82 Å². The lowest BCUT2D eigenvalue weighted by Crippen LogP contribution is -2.35. The molecule has 5 aromatic rings. The molecule has 0 atom stereocenters. The van der Waals surface area contributed by atoms with Crippen molar-refractivity contribution in [1.82, 2.24) is 15.6 Å². The molecule has 0 aliphatic heterocycles. The van der Waals surface area contributed by atoms with Crippen molar-refractivity contribution in [3.63, 3.8) is 0 Å². The first-order chi connectivity index (χ1) is 20.7. The van der Waals surface area contributed by atoms with Gasteiger partial charge in [0.1, 0.15) is 28.7 Å². The topological polar surface area (TPSA) is 114 Å². The lowest BCUT2D eigenvalue weighted by Gasteiger charge is -2.20. The molecular formula is C34H30FN3O5. The summed E-state index contributed by atoms with van der Waals surface area (Å²) in [5, 5.41) is 17.4. The van der Waals surface area contributed by atoms with E-state index in [2.05, 4.69) is 15.6 Å². The number of nitrogens with one attached hydrogen (secondary N) is 2. The van der Waals surface area contributed by atoms with Crippen molar-refractivity contribution in [1.29, 1.82) is 0 Å². The van der Waals surface area contributed by atoms with Crippen LogP contribution in [0.25, 0.3) is 33.4 Å². The van der Waals surface area contributed by atoms with Gasteiger partial charge < -0.3 is 24.9 Å². The molecule has 1 aliphatic rings. The smallest absolute Gasteiger partial charge is 0.255 e. The molecular weight excluding hydrogens is 549 g/mol. The van der Waals surface area contributed by atoms with E-state index >= 15 is 0 Å². The van der Waals surface area contributed by atoms with Gasteiger partial charge >= 0.3 is 0 Å². The average molecular weight is 580 g/mol. The van der Waals surface area contributed by atoms with Gasteiger partial charge in [-0.1, -0.05) is 12.1 Å². The highest BCUT2D eigenvalue weighted by atomic mass is 19.1. The van der Waals surface area contributed by atoms with Crippen LogP contribution < -0.4 is 15.4 Å². The van der Waals surface area contributed by atoms with Gasteiger partial charge in [-0.25, -0.2) is 4.39 Å². The van der Waals surface area contributed by atoms with Crippen molar-refractivity contribution in [2.75, 3.05) is 7.05 Å². The zero-order chi connectivity index (χ0) is 30.3. The Bertz CT molecular complexity index is 1840. The van der Waals surface area contributed by atoms with Gasteiger partial charge in [0.2, 0.25) is 0 Å². The van der Waals surface area contributed by atoms with Gasteiger partial charge in [-0.2, -0.15) is 0 Å². The summed E-state index contributed by atoms with van der Waals surface area (Å²) in [5.74, 6) is -0.698. The Morgan fingerprint density at radius 3 is 2.40 bits per heavy atom. The van der Waals surface area contributed by atoms with Crippen molar-refractivity contribution in [2.24, 2.45) is 0 Å². The average Bonchev–Trinajstić information content (AvgIpc) is 3.68. The highest BCUT2D eigenvalue weighted by Gasteiger charge is 2.47. The van der Waals surface area contributed by atoms with E-state index in [9.17, 15) is 19.1 Å². The Labute approximate surface area is 247 Å². The summed E-state index contributed by atoms with van der Waals surface area (Å²) >= 11 is 0. The largest absolute Gasteiger partial charge is 0.507 e. The number of carbonyl (C=O) groups excluding carboxylic acids is 2. The number of furan rings is 1. The number of ether oxygens (including phenoxy) is 1. The number of hydrogen-bond acceptors (Lipinski definition) is 6. The number of rotatable bonds is 8. The summed E-state index contributed by atoms with van der Waals surface area (Å²) in [6, 6.07) is 19.5. The van der Waals surface area contributed by atoms with Crippen LogP contribution in [-0.2, 0) is 5.54 Å². The van der Waals surface area contributed by atoms with E-state index in [-0.39, 0.29) is 40.5 Å². The molecule has 3 N–H and O–H groups in total. The molecule has 9 heteroatoms. The predicted molar refractivity (Wildman–Crippen MR) is 160 cm³/mol. The van der Waals surface area contributed by atoms with Gasteiger partial charge in [0.15, 0.2) is 0 Å². The standard InChI is InChI=1S/C34H30FN3O5/c1-19(2)42-28-18-26(39)23(17-25(28)32(40)38-34(13-14-34)29-6-4-5-15-37-29)21-9-12-27-24(16-21)30(33(41)36-3)31(43-27)20-7-10-22(35)11-8-20/h4-12,15-19,39H,13-14H2,1-3H3,(H,36,41)(H,38,40). The summed E-state index contributed by atoms with van der Waals surface area (Å²) in [7, 11) is 1.52. The molecule has 0 radical (unpaired) electrons. The minimum atomic E-state index is -0.555. The molecule has 0 bridgehead atoms. The minimum Gasteiger partial charge on any atom is -0.507 e. The van der Waals surface area contributed by atoms with E-state index in [1.165, 1.54) is 25.2 Å². The number of fused-ring (bicyclic) bond motifs is 1. The predicted octanol–water partition coefficient (Wildman–Crippen LogP) is 6.57. The van der Waals surface area contributed by atoms with Crippen LogP contribution in [0.5, 0.6) is 11.5 Å². The number of benzene rings is 3. The molecule has 2 aromatic heterocycles. The molecule has 0 spiro atoms. The SMILES string of the molecule is CNC(=O)c1c(-c2ccc(F)cc2)oc2ccc(-c3cc(C(=O)NC4(c5ccccn5)CC4)c(OC(C)C)cc3O)cc12. The number of phenols is 1. The third-order valence-corrected chi connectivity index (χ3v) is 7.52. The van der Waals surface area contributed by atoms with Gasteiger partial charge in [-0.05, 0) is 86.8 Å². The summed E-state index contributed by atoms with van der Waals surface area (Å²) in [4.78, 5) is 31.2. The van der Waals surface area contributed by atoms with E-state index in [0.717, 1.165) is 18.5 Å². The number of nitrogens with zero attached hydrogens (tertiary/aromatic N) is 1. The zero-order valence-corrected chi connectivity index (χ0v) is 23.9. The number of phenolic OH excluding ortho intramolecular Hbond substituents is 1. The second kappa shape index (κ2) is 10.9. The van der Waals surface area contributed by atoms with Crippen molar-refractivity contribution in [2.45, 2.75) is 38.3 Å². The maximum absolute atomic E-state index is 13.8. The third kappa shape index (κ3) is 5.30. The molecule has 0 saturated heterocycles. The maximum Gasteiger partial charge on any atom is 0.255 e. The van der Waals surface area contributed by atoms with E-state index in [1.54, 1.807) is 42.6 Å². The molecule has 1 saturated carbocycles. The van der Waals surface area contributed by atoms with Crippen molar-refractivity contribution in [3.8, 4) is 33.9 Å². The van der Waals surface area contributed by atoms with Crippen LogP contribution in [0.4, 0.5) is 4.39 Å². The molecule has 2 heterocycles. The summed E-state index contributed by atoms with van der Waals surface area (Å²) in [6.45, 7) is 3.68. The second-order valence-corrected chi connectivity index (χ2v) is 10.9. The Hall–Kier alpha value is -5.18. The van der Waals surface area contributed by atoms with Crippen LogP contribution in [0.1, 0.15) is 53.1 Å². The highest BCUT2D eigenvalue weighted by Crippen LogP contribution is 2.46. The fraction of sp³-hybridized carbons (Fsp3) is 0.206. The van der Waals surface area contributed by atoms with E-state index < -0.39 is 11.4 Å². The van der Waals surface area contributed by atoms with Crippen LogP contribution in [0.3, 0.4) is 0 Å². The molecule has 3 aromatic carbocycles. The molecule has 1 fully saturated rings. The molecule has 6 rings (SSSR count). The number of aromatic hydroxyl groups is 1. The molecule has 8 nitrogen and oxygen atoms in total. The van der Waals surface area contributed by atoms with E-state index in [1.807, 2.05) is 32.0 Å². The van der Waals surface area contributed by atoms with Crippen LogP contribution in [0.15, 0.2) is 83.4 Å². The van der Waals surface area contributed by atoms with Gasteiger partial charge in [-0.3, -0.25) is 14.6 Å². The second-order valence-electron chi connectivity index (χ2n) is 10.9. The number of amides is 2. The Balaban J connectivity index is 1.45. The van der Waals surface area contributed by atoms with Crippen LogP contribution >= 0.6 is 0 Å². The first kappa shape index (κ1) is 28.0. The first-order valence-electron chi connectivity index (χ1n) is 14.0. The minimum absolute atomic E-state index is 0.0962. The number of pyridine rings is 1. The summed E-state index contributed by atoms with van der Waals surface area (Å²) < 4.78 is 25.6. The zero-order valence-electron chi connectivity index (χ0n) is 23.9. The fourth-order valence-electron chi connectivity index (χ4n) is 5.25. The monoisotopic (exact) mass is 579 g/mol. The maximum atomic E-state index is 13.8. The Kier molecular flexibility index (Phi) is 7.09. The first-order valence-corrected chi connectivity index (χ1v) is 14.0. The van der Waals surface area contributed by atoms with E-state index in [0.29, 0.717) is 33.4 Å². The molecule has 43 heavy (non-hydrogen) atoms. The van der Waals surface area contributed by atoms with Crippen LogP contribution in [0.2, 0.25) is 0 Å². The quantitative estimate of drug-likeness (QED) is 0.192. The highest BCUT2D eigenvalue weighted by molar-refractivity contribution is 6.12. The molecule has 1 aliphatic carbocycles. The third-order valence-electron chi connectivity index (χ3n) is 7.52. The number of aromatic nitrogens is 1. The number of hydrogen-bond donors (Lipinski definition) is 3. The van der Waals surface area contributed by atoms with Gasteiger partial charge in [-0.15, -0.1) is 0 Å². The number of carbonyl (C=O) groups is 2. The van der Waals surface area contributed by atoms with E-state index in [4.69, 9.17) is 9.15 Å². The van der Waals surface area contributed by atoms with Gasteiger partial charge in [0.25, 0.3) is 11.8 Å². The molecule has 0 unspecified atom stereocenters. The van der Waals surface area contributed by atoms with Crippen molar-refractivity contribution >= 4 is 22.8 Å². The molecule has 2 amide bonds. The lowest BCUT2D eigenvalue weighted by molar-refractivity contribution is 0.0922.